The van der Waals surface area contributed by atoms with Crippen LogP contribution in [0.15, 0.2) is 47.3 Å². The Morgan fingerprint density at radius 2 is 1.92 bits per heavy atom. The molecule has 0 aliphatic heterocycles. The monoisotopic (exact) mass is 574 g/mol. The van der Waals surface area contributed by atoms with Crippen LogP contribution in [-0.2, 0) is 11.3 Å². The van der Waals surface area contributed by atoms with Gasteiger partial charge in [0.15, 0.2) is 0 Å². The zero-order valence-electron chi connectivity index (χ0n) is 21.1. The summed E-state index contributed by atoms with van der Waals surface area (Å²) < 4.78 is 41.6. The summed E-state index contributed by atoms with van der Waals surface area (Å²) in [5.74, 6) is -0.277. The van der Waals surface area contributed by atoms with Crippen molar-refractivity contribution >= 4 is 44.0 Å². The van der Waals surface area contributed by atoms with Gasteiger partial charge in [-0.1, -0.05) is 0 Å². The van der Waals surface area contributed by atoms with Gasteiger partial charge in [-0.25, -0.2) is 18.6 Å². The van der Waals surface area contributed by atoms with Gasteiger partial charge in [0, 0.05) is 23.6 Å². The van der Waals surface area contributed by atoms with Gasteiger partial charge in [0.2, 0.25) is 0 Å². The fourth-order valence-electron chi connectivity index (χ4n) is 4.04. The topological polar surface area (TPSA) is 78.3 Å². The smallest absolute Gasteiger partial charge is 0.408 e. The number of aromatic nitrogens is 3. The van der Waals surface area contributed by atoms with Crippen LogP contribution in [0.3, 0.4) is 0 Å². The van der Waals surface area contributed by atoms with Crippen LogP contribution in [0.1, 0.15) is 52.1 Å². The summed E-state index contributed by atoms with van der Waals surface area (Å²) in [6, 6.07) is 6.87. The lowest BCUT2D eigenvalue weighted by molar-refractivity contribution is 0.0507. The number of rotatable bonds is 8. The molecule has 2 heterocycles. The Morgan fingerprint density at radius 3 is 2.68 bits per heavy atom. The van der Waals surface area contributed by atoms with E-state index in [1.54, 1.807) is 52.4 Å². The van der Waals surface area contributed by atoms with E-state index in [9.17, 15) is 13.6 Å². The quantitative estimate of drug-likeness (QED) is 0.228. The number of carbonyl (C=O) groups is 1. The Kier molecular flexibility index (Phi) is 7.96. The number of hydrogen-bond donors (Lipinski definition) is 1. The first-order valence-corrected chi connectivity index (χ1v) is 12.8. The van der Waals surface area contributed by atoms with Crippen LogP contribution in [0.25, 0.3) is 21.9 Å². The second-order valence-electron chi connectivity index (χ2n) is 9.82. The number of fused-ring (bicyclic) bond motifs is 3. The number of nitrogens with one attached hydrogen (secondary N) is 1. The minimum absolute atomic E-state index is 0.363. The van der Waals surface area contributed by atoms with Gasteiger partial charge in [-0.3, -0.25) is 4.98 Å². The van der Waals surface area contributed by atoms with Crippen LogP contribution < -0.4 is 10.1 Å². The molecule has 0 spiro atoms. The number of carbonyl (C=O) groups excluding carboxylic acids is 1. The summed E-state index contributed by atoms with van der Waals surface area (Å²) in [4.78, 5) is 20.9. The molecule has 0 unspecified atom stereocenters. The minimum Gasteiger partial charge on any atom is -0.493 e. The molecule has 0 bridgehead atoms. The van der Waals surface area contributed by atoms with E-state index in [1.165, 1.54) is 18.2 Å². The van der Waals surface area contributed by atoms with E-state index in [0.29, 0.717) is 34.5 Å². The van der Waals surface area contributed by atoms with Crippen LogP contribution in [0.5, 0.6) is 5.75 Å². The average molecular weight is 575 g/mol. The summed E-state index contributed by atoms with van der Waals surface area (Å²) in [5, 5.41) is 3.55. The van der Waals surface area contributed by atoms with Crippen LogP contribution in [0.4, 0.5) is 13.6 Å². The van der Waals surface area contributed by atoms with Gasteiger partial charge in [0.1, 0.15) is 28.5 Å². The molecule has 0 saturated carbocycles. The molecule has 1 atom stereocenters. The molecule has 10 heteroatoms. The SMILES string of the molecule is C[C@@H](NC(=O)OC(C)(C)C)c1cc(F)ccc1OCCCCn1cnc2cnc3cc(F)c(Br)cc3c21. The highest BCUT2D eigenvalue weighted by atomic mass is 79.9. The maximum Gasteiger partial charge on any atom is 0.408 e. The summed E-state index contributed by atoms with van der Waals surface area (Å²) in [6.07, 6.45) is 4.34. The van der Waals surface area contributed by atoms with Gasteiger partial charge in [0.05, 0.1) is 40.7 Å². The molecule has 0 aliphatic rings. The van der Waals surface area contributed by atoms with Crippen LogP contribution >= 0.6 is 15.9 Å². The summed E-state index contributed by atoms with van der Waals surface area (Å²) in [5.41, 5.74) is 2.10. The number of amides is 1. The summed E-state index contributed by atoms with van der Waals surface area (Å²) >= 11 is 3.25. The number of aryl methyl sites for hydroxylation is 1. The van der Waals surface area contributed by atoms with Crippen LogP contribution in [0, 0.1) is 11.6 Å². The Balaban J connectivity index is 1.38. The van der Waals surface area contributed by atoms with Crippen molar-refractivity contribution in [3.05, 3.63) is 64.5 Å². The Hall–Kier alpha value is -3.27. The molecule has 0 saturated heterocycles. The molecule has 0 aliphatic carbocycles. The fourth-order valence-corrected chi connectivity index (χ4v) is 4.38. The second kappa shape index (κ2) is 11.0. The lowest BCUT2D eigenvalue weighted by Gasteiger charge is -2.23. The maximum absolute atomic E-state index is 14.0. The van der Waals surface area contributed by atoms with Crippen molar-refractivity contribution in [1.82, 2.24) is 19.9 Å². The third-order valence-electron chi connectivity index (χ3n) is 5.71. The first-order valence-electron chi connectivity index (χ1n) is 12.0. The van der Waals surface area contributed by atoms with E-state index in [2.05, 4.69) is 31.2 Å². The number of halogens is 3. The number of unbranched alkanes of at least 4 members (excludes halogenated alkanes) is 1. The van der Waals surface area contributed by atoms with Gasteiger partial charge < -0.3 is 19.4 Å². The van der Waals surface area contributed by atoms with Crippen molar-refractivity contribution in [3.8, 4) is 5.75 Å². The molecule has 4 aromatic rings. The van der Waals surface area contributed by atoms with Gasteiger partial charge in [0.25, 0.3) is 0 Å². The first kappa shape index (κ1) is 26.8. The van der Waals surface area contributed by atoms with Crippen molar-refractivity contribution in [1.29, 1.82) is 0 Å². The Labute approximate surface area is 222 Å². The average Bonchev–Trinajstić information content (AvgIpc) is 3.22. The number of pyridine rings is 1. The minimum atomic E-state index is -0.638. The van der Waals surface area contributed by atoms with Crippen LogP contribution in [-0.4, -0.2) is 32.8 Å². The van der Waals surface area contributed by atoms with Gasteiger partial charge in [-0.05, 0) is 80.7 Å². The van der Waals surface area contributed by atoms with Gasteiger partial charge >= 0.3 is 6.09 Å². The molecule has 37 heavy (non-hydrogen) atoms. The third-order valence-corrected chi connectivity index (χ3v) is 6.32. The Morgan fingerprint density at radius 1 is 1.14 bits per heavy atom. The van der Waals surface area contributed by atoms with Crippen molar-refractivity contribution in [2.45, 2.75) is 58.7 Å². The van der Waals surface area contributed by atoms with Crippen molar-refractivity contribution in [2.75, 3.05) is 6.61 Å². The number of imidazole rings is 1. The van der Waals surface area contributed by atoms with E-state index in [-0.39, 0.29) is 5.82 Å². The number of alkyl carbamates (subject to hydrolysis) is 1. The number of ether oxygens (including phenoxy) is 2. The molecule has 4 rings (SSSR count). The predicted octanol–water partition coefficient (Wildman–Crippen LogP) is 7.07. The summed E-state index contributed by atoms with van der Waals surface area (Å²) in [6.45, 7) is 8.17. The summed E-state index contributed by atoms with van der Waals surface area (Å²) in [7, 11) is 0. The lowest BCUT2D eigenvalue weighted by atomic mass is 10.1. The van der Waals surface area contributed by atoms with E-state index in [4.69, 9.17) is 9.47 Å². The van der Waals surface area contributed by atoms with E-state index < -0.39 is 23.6 Å². The standard InChI is InChI=1S/C27H29BrF2N4O3/c1-16(33-26(35)37-27(2,3)4)18-11-17(29)7-8-24(18)36-10-6-5-9-34-15-32-23-14-31-22-13-21(30)20(28)12-19(22)25(23)34/h7-8,11-16H,5-6,9-10H2,1-4H3,(H,33,35)/t16-/m1/s1. The van der Waals surface area contributed by atoms with E-state index in [1.807, 2.05) is 4.57 Å². The van der Waals surface area contributed by atoms with E-state index in [0.717, 1.165) is 29.3 Å². The van der Waals surface area contributed by atoms with Crippen molar-refractivity contribution in [3.63, 3.8) is 0 Å². The Bertz CT molecular complexity index is 1430. The molecule has 2 aromatic carbocycles. The highest BCUT2D eigenvalue weighted by Crippen LogP contribution is 2.29. The normalized spacial score (nSPS) is 12.6. The molecule has 196 valence electrons. The molecule has 2 aromatic heterocycles. The van der Waals surface area contributed by atoms with E-state index >= 15 is 0 Å². The molecule has 7 nitrogen and oxygen atoms in total. The van der Waals surface area contributed by atoms with Gasteiger partial charge in [-0.2, -0.15) is 0 Å². The first-order chi connectivity index (χ1) is 17.5. The third kappa shape index (κ3) is 6.54. The molecule has 1 N–H and O–H groups in total. The van der Waals surface area contributed by atoms with Gasteiger partial charge in [-0.15, -0.1) is 0 Å². The van der Waals surface area contributed by atoms with Crippen molar-refractivity contribution in [2.24, 2.45) is 0 Å². The largest absolute Gasteiger partial charge is 0.493 e. The van der Waals surface area contributed by atoms with Crippen molar-refractivity contribution < 1.29 is 23.0 Å². The highest BCUT2D eigenvalue weighted by Gasteiger charge is 2.20. The second-order valence-corrected chi connectivity index (χ2v) is 10.7. The molecule has 0 radical (unpaired) electrons. The zero-order valence-corrected chi connectivity index (χ0v) is 22.7. The predicted molar refractivity (Wildman–Crippen MR) is 142 cm³/mol. The number of nitrogens with zero attached hydrogens (tertiary/aromatic N) is 3. The highest BCUT2D eigenvalue weighted by molar-refractivity contribution is 9.10. The lowest BCUT2D eigenvalue weighted by Crippen LogP contribution is -2.34. The number of benzene rings is 2. The molecular formula is C27H29BrF2N4O3. The number of hydrogen-bond acceptors (Lipinski definition) is 5. The molecular weight excluding hydrogens is 546 g/mol. The zero-order chi connectivity index (χ0) is 26.7. The molecule has 1 amide bonds. The fraction of sp³-hybridized carbons (Fsp3) is 0.370. The van der Waals surface area contributed by atoms with Crippen LogP contribution in [0.2, 0.25) is 0 Å². The molecule has 0 fully saturated rings. The maximum atomic E-state index is 14.0.